The van der Waals surface area contributed by atoms with Crippen molar-refractivity contribution in [2.45, 2.75) is 75.1 Å². The van der Waals surface area contributed by atoms with E-state index in [0.717, 1.165) is 63.2 Å². The van der Waals surface area contributed by atoms with Gasteiger partial charge in [0, 0.05) is 49.7 Å². The van der Waals surface area contributed by atoms with Crippen LogP contribution in [0.4, 0.5) is 0 Å². The third-order valence-corrected chi connectivity index (χ3v) is 7.81. The molecule has 2 aromatic rings. The van der Waals surface area contributed by atoms with Crippen LogP contribution in [0.2, 0.25) is 0 Å². The monoisotopic (exact) mass is 418 g/mol. The van der Waals surface area contributed by atoms with E-state index in [2.05, 4.69) is 24.3 Å². The maximum Gasteiger partial charge on any atom is 0.134 e. The zero-order valence-corrected chi connectivity index (χ0v) is 17.5. The molecule has 2 aromatic carbocycles. The number of benzene rings is 2. The number of epoxide rings is 4. The number of hydrogen-bond acceptors (Lipinski definition) is 5. The van der Waals surface area contributed by atoms with Gasteiger partial charge in [0.05, 0.1) is 49.8 Å². The molecule has 5 nitrogen and oxygen atoms in total. The topological polar surface area (TPSA) is 59.4 Å². The van der Waals surface area contributed by atoms with Gasteiger partial charge in [0.1, 0.15) is 11.5 Å². The molecule has 160 valence electrons. The molecule has 6 atom stereocenters. The van der Waals surface area contributed by atoms with Crippen molar-refractivity contribution in [2.24, 2.45) is 0 Å². The second-order valence-corrected chi connectivity index (χ2v) is 10.0. The summed E-state index contributed by atoms with van der Waals surface area (Å²) in [5.41, 5.74) is 8.00. The van der Waals surface area contributed by atoms with E-state index in [4.69, 9.17) is 23.7 Å². The molecule has 0 spiro atoms. The standard InChI is InChI=1S/C26H26O5/c1-3-15(5-17-11-27-17)25(19-9-23-21(29-23)7-13(1)19)31-26-16(6-18-12-28-18)4-2-14-8-22-24(30-22)10-20(14)26/h1-4,17-18,21-24H,5-12H2. The van der Waals surface area contributed by atoms with E-state index in [1.807, 2.05) is 0 Å². The van der Waals surface area contributed by atoms with Crippen LogP contribution >= 0.6 is 0 Å². The number of fused-ring (bicyclic) bond motifs is 4. The van der Waals surface area contributed by atoms with Crippen molar-refractivity contribution >= 4 is 0 Å². The fraction of sp³-hybridized carbons (Fsp3) is 0.538. The minimum absolute atomic E-state index is 0.332. The molecular formula is C26H26O5. The Balaban J connectivity index is 1.24. The van der Waals surface area contributed by atoms with Gasteiger partial charge in [-0.05, 0) is 22.3 Å². The molecule has 0 saturated carbocycles. The van der Waals surface area contributed by atoms with Crippen molar-refractivity contribution in [1.29, 1.82) is 0 Å². The predicted molar refractivity (Wildman–Crippen MR) is 112 cm³/mol. The smallest absolute Gasteiger partial charge is 0.134 e. The Bertz CT molecular complexity index is 1000. The lowest BCUT2D eigenvalue weighted by molar-refractivity contribution is 0.372. The summed E-state index contributed by atoms with van der Waals surface area (Å²) in [5, 5.41) is 0. The SMILES string of the molecule is c1cc(CC2CO2)c(Oc2c(CC3CO3)ccc3c2CC2OC2C3)c2c1CC1OC1C2. The largest absolute Gasteiger partial charge is 0.456 e. The molecule has 2 aliphatic carbocycles. The van der Waals surface area contributed by atoms with Crippen LogP contribution in [-0.2, 0) is 57.5 Å². The first kappa shape index (κ1) is 17.6. The van der Waals surface area contributed by atoms with Crippen LogP contribution < -0.4 is 4.74 Å². The molecule has 4 aliphatic heterocycles. The molecule has 0 amide bonds. The van der Waals surface area contributed by atoms with Crippen LogP contribution in [0.25, 0.3) is 0 Å². The summed E-state index contributed by atoms with van der Waals surface area (Å²) in [6.45, 7) is 1.71. The molecular weight excluding hydrogens is 392 g/mol. The van der Waals surface area contributed by atoms with E-state index >= 15 is 0 Å². The summed E-state index contributed by atoms with van der Waals surface area (Å²) in [6, 6.07) is 9.11. The molecule has 0 radical (unpaired) electrons. The Morgan fingerprint density at radius 2 is 1.10 bits per heavy atom. The Labute approximate surface area is 181 Å². The zero-order chi connectivity index (χ0) is 20.1. The molecule has 6 aliphatic rings. The first-order chi connectivity index (χ1) is 15.3. The highest BCUT2D eigenvalue weighted by Gasteiger charge is 2.46. The van der Waals surface area contributed by atoms with Gasteiger partial charge in [-0.15, -0.1) is 0 Å². The summed E-state index contributed by atoms with van der Waals surface area (Å²) in [5.74, 6) is 2.12. The highest BCUT2D eigenvalue weighted by molar-refractivity contribution is 5.56. The van der Waals surface area contributed by atoms with Gasteiger partial charge in [-0.3, -0.25) is 0 Å². The number of hydrogen-bond donors (Lipinski definition) is 0. The van der Waals surface area contributed by atoms with Crippen LogP contribution in [-0.4, -0.2) is 49.8 Å². The molecule has 6 unspecified atom stereocenters. The Morgan fingerprint density at radius 3 is 1.55 bits per heavy atom. The fourth-order valence-corrected chi connectivity index (χ4v) is 5.72. The van der Waals surface area contributed by atoms with Crippen LogP contribution in [0.15, 0.2) is 24.3 Å². The minimum atomic E-state index is 0.332. The van der Waals surface area contributed by atoms with E-state index < -0.39 is 0 Å². The summed E-state index contributed by atoms with van der Waals surface area (Å²) in [4.78, 5) is 0. The summed E-state index contributed by atoms with van der Waals surface area (Å²) < 4.78 is 29.9. The van der Waals surface area contributed by atoms with Gasteiger partial charge in [-0.2, -0.15) is 0 Å². The summed E-state index contributed by atoms with van der Waals surface area (Å²) in [7, 11) is 0. The second kappa shape index (κ2) is 6.32. The molecule has 8 rings (SSSR count). The van der Waals surface area contributed by atoms with Crippen molar-refractivity contribution in [2.75, 3.05) is 13.2 Å². The van der Waals surface area contributed by atoms with Gasteiger partial charge in [0.2, 0.25) is 0 Å². The first-order valence-electron chi connectivity index (χ1n) is 11.8. The van der Waals surface area contributed by atoms with Crippen molar-refractivity contribution in [1.82, 2.24) is 0 Å². The minimum Gasteiger partial charge on any atom is -0.456 e. The third-order valence-electron chi connectivity index (χ3n) is 7.81. The van der Waals surface area contributed by atoms with Crippen LogP contribution in [0.5, 0.6) is 11.5 Å². The van der Waals surface area contributed by atoms with Crippen LogP contribution in [0.3, 0.4) is 0 Å². The van der Waals surface area contributed by atoms with Gasteiger partial charge in [-0.25, -0.2) is 0 Å². The van der Waals surface area contributed by atoms with E-state index in [-0.39, 0.29) is 0 Å². The maximum absolute atomic E-state index is 7.01. The van der Waals surface area contributed by atoms with Gasteiger partial charge in [0.15, 0.2) is 0 Å². The van der Waals surface area contributed by atoms with Crippen LogP contribution in [0, 0.1) is 0 Å². The normalized spacial score (nSPS) is 35.4. The highest BCUT2D eigenvalue weighted by atomic mass is 16.6. The van der Waals surface area contributed by atoms with Gasteiger partial charge >= 0.3 is 0 Å². The summed E-state index contributed by atoms with van der Waals surface area (Å²) in [6.07, 6.45) is 7.98. The Hall–Kier alpha value is -1.92. The summed E-state index contributed by atoms with van der Waals surface area (Å²) >= 11 is 0. The molecule has 5 heteroatoms. The maximum atomic E-state index is 7.01. The van der Waals surface area contributed by atoms with E-state index in [1.54, 1.807) is 0 Å². The molecule has 4 fully saturated rings. The third kappa shape index (κ3) is 3.13. The average molecular weight is 418 g/mol. The van der Waals surface area contributed by atoms with Gasteiger partial charge in [-0.1, -0.05) is 24.3 Å². The van der Waals surface area contributed by atoms with Crippen molar-refractivity contribution in [3.8, 4) is 11.5 Å². The Kier molecular flexibility index (Phi) is 3.59. The second-order valence-electron chi connectivity index (χ2n) is 10.0. The van der Waals surface area contributed by atoms with Crippen molar-refractivity contribution in [3.05, 3.63) is 57.6 Å². The number of ether oxygens (including phenoxy) is 5. The molecule has 0 bridgehead atoms. The molecule has 4 saturated heterocycles. The lowest BCUT2D eigenvalue weighted by atomic mass is 9.87. The molecule has 0 aromatic heterocycles. The Morgan fingerprint density at radius 1 is 0.645 bits per heavy atom. The lowest BCUT2D eigenvalue weighted by Crippen LogP contribution is -2.17. The first-order valence-corrected chi connectivity index (χ1v) is 11.8. The van der Waals surface area contributed by atoms with Crippen LogP contribution in [0.1, 0.15) is 33.4 Å². The lowest BCUT2D eigenvalue weighted by Gasteiger charge is -2.25. The molecule has 4 heterocycles. The molecule has 31 heavy (non-hydrogen) atoms. The zero-order valence-electron chi connectivity index (χ0n) is 17.5. The average Bonchev–Trinajstić information content (AvgIpc) is 3.59. The number of rotatable bonds is 6. The van der Waals surface area contributed by atoms with Gasteiger partial charge < -0.3 is 23.7 Å². The molecule has 0 N–H and O–H groups in total. The van der Waals surface area contributed by atoms with Crippen molar-refractivity contribution < 1.29 is 23.7 Å². The van der Waals surface area contributed by atoms with Gasteiger partial charge in [0.25, 0.3) is 0 Å². The van der Waals surface area contributed by atoms with Crippen molar-refractivity contribution in [3.63, 3.8) is 0 Å². The predicted octanol–water partition coefficient (Wildman–Crippen LogP) is 3.09. The highest BCUT2D eigenvalue weighted by Crippen LogP contribution is 2.47. The quantitative estimate of drug-likeness (QED) is 0.675. The van der Waals surface area contributed by atoms with E-state index in [1.165, 1.54) is 33.4 Å². The fourth-order valence-electron chi connectivity index (χ4n) is 5.72. The van der Waals surface area contributed by atoms with E-state index in [9.17, 15) is 0 Å². The van der Waals surface area contributed by atoms with E-state index in [0.29, 0.717) is 36.6 Å².